The van der Waals surface area contributed by atoms with Gasteiger partial charge in [-0.15, -0.1) is 11.8 Å². The lowest BCUT2D eigenvalue weighted by Gasteiger charge is -2.13. The highest BCUT2D eigenvalue weighted by Crippen LogP contribution is 2.23. The van der Waals surface area contributed by atoms with Gasteiger partial charge in [0.2, 0.25) is 0 Å². The Hall–Kier alpha value is 0.0900. The maximum absolute atomic E-state index is 2.22. The first kappa shape index (κ1) is 9.09. The summed E-state index contributed by atoms with van der Waals surface area (Å²) < 4.78 is 0.381. The third kappa shape index (κ3) is 8.09. The normalized spacial score (nSPS) is 12.9. The smallest absolute Gasteiger partial charge is 0.0116 e. The van der Waals surface area contributed by atoms with E-state index in [0.717, 1.165) is 6.42 Å². The molecule has 0 aromatic heterocycles. The number of hydrogen-bond acceptors (Lipinski definition) is 1. The zero-order valence-electron chi connectivity index (χ0n) is 6.77. The van der Waals surface area contributed by atoms with E-state index in [0.29, 0.717) is 4.75 Å². The van der Waals surface area contributed by atoms with Crippen molar-refractivity contribution in [3.63, 3.8) is 0 Å². The van der Waals surface area contributed by atoms with Crippen LogP contribution in [0, 0.1) is 0 Å². The Kier molecular flexibility index (Phi) is 4.03. The van der Waals surface area contributed by atoms with E-state index in [1.165, 1.54) is 0 Å². The molecule has 0 amide bonds. The molecule has 0 atom stereocenters. The molecule has 0 saturated carbocycles. The van der Waals surface area contributed by atoms with Crippen LogP contribution in [0.15, 0.2) is 11.5 Å². The van der Waals surface area contributed by atoms with Gasteiger partial charge in [0.15, 0.2) is 0 Å². The van der Waals surface area contributed by atoms with Gasteiger partial charge >= 0.3 is 0 Å². The lowest BCUT2D eigenvalue weighted by atomic mass is 10.3. The van der Waals surface area contributed by atoms with Gasteiger partial charge in [-0.2, -0.15) is 0 Å². The summed E-state index contributed by atoms with van der Waals surface area (Å²) in [6.07, 6.45) is 3.33. The standard InChI is InChI=1S/C8H16S/c1-5-6-7-9-8(2,3)4/h6-7H,5H2,1-4H3/b7-6+. The molecule has 0 aliphatic carbocycles. The van der Waals surface area contributed by atoms with Crippen molar-refractivity contribution in [3.05, 3.63) is 11.5 Å². The fraction of sp³-hybridized carbons (Fsp3) is 0.750. The first-order valence-corrected chi connectivity index (χ1v) is 4.27. The van der Waals surface area contributed by atoms with E-state index in [1.54, 1.807) is 0 Å². The van der Waals surface area contributed by atoms with Crippen molar-refractivity contribution >= 4 is 11.8 Å². The predicted octanol–water partition coefficient (Wildman–Crippen LogP) is 3.44. The monoisotopic (exact) mass is 144 g/mol. The maximum Gasteiger partial charge on any atom is 0.0116 e. The molecule has 0 rings (SSSR count). The summed E-state index contributed by atoms with van der Waals surface area (Å²) >= 11 is 1.88. The van der Waals surface area contributed by atoms with Gasteiger partial charge in [0.05, 0.1) is 0 Å². The summed E-state index contributed by atoms with van der Waals surface area (Å²) in [4.78, 5) is 0. The highest BCUT2D eigenvalue weighted by atomic mass is 32.2. The third-order valence-electron chi connectivity index (χ3n) is 0.754. The lowest BCUT2D eigenvalue weighted by Crippen LogP contribution is -2.04. The van der Waals surface area contributed by atoms with Crippen LogP contribution in [0.5, 0.6) is 0 Å². The molecule has 0 N–H and O–H groups in total. The van der Waals surface area contributed by atoms with Crippen LogP contribution in [-0.2, 0) is 0 Å². The van der Waals surface area contributed by atoms with Gasteiger partial charge in [0.1, 0.15) is 0 Å². The van der Waals surface area contributed by atoms with Crippen molar-refractivity contribution in [2.75, 3.05) is 0 Å². The second-order valence-corrected chi connectivity index (χ2v) is 4.74. The Balaban J connectivity index is 3.38. The molecular weight excluding hydrogens is 128 g/mol. The molecule has 0 fully saturated rings. The van der Waals surface area contributed by atoms with Crippen LogP contribution in [0.4, 0.5) is 0 Å². The summed E-state index contributed by atoms with van der Waals surface area (Å²) in [5, 5.41) is 2.18. The highest BCUT2D eigenvalue weighted by molar-refractivity contribution is 8.03. The van der Waals surface area contributed by atoms with Crippen molar-refractivity contribution in [1.29, 1.82) is 0 Å². The van der Waals surface area contributed by atoms with E-state index in [2.05, 4.69) is 39.2 Å². The van der Waals surface area contributed by atoms with Crippen LogP contribution in [0.25, 0.3) is 0 Å². The zero-order valence-corrected chi connectivity index (χ0v) is 7.59. The second kappa shape index (κ2) is 3.99. The summed E-state index contributed by atoms with van der Waals surface area (Å²) in [6.45, 7) is 8.81. The minimum absolute atomic E-state index is 0.381. The SMILES string of the molecule is CC/C=C/SC(C)(C)C. The molecule has 0 aliphatic rings. The number of allylic oxidation sites excluding steroid dienone is 1. The fourth-order valence-corrected chi connectivity index (χ4v) is 1.05. The molecule has 54 valence electrons. The van der Waals surface area contributed by atoms with Gasteiger partial charge in [-0.25, -0.2) is 0 Å². The molecule has 0 unspecified atom stereocenters. The van der Waals surface area contributed by atoms with Crippen LogP contribution < -0.4 is 0 Å². The minimum atomic E-state index is 0.381. The summed E-state index contributed by atoms with van der Waals surface area (Å²) in [6, 6.07) is 0. The first-order valence-electron chi connectivity index (χ1n) is 3.39. The van der Waals surface area contributed by atoms with E-state index >= 15 is 0 Å². The summed E-state index contributed by atoms with van der Waals surface area (Å²) in [5.74, 6) is 0. The zero-order chi connectivity index (χ0) is 7.33. The summed E-state index contributed by atoms with van der Waals surface area (Å²) in [5.41, 5.74) is 0. The molecule has 9 heavy (non-hydrogen) atoms. The molecular formula is C8H16S. The Morgan fingerprint density at radius 2 is 1.89 bits per heavy atom. The largest absolute Gasteiger partial charge is 0.128 e. The van der Waals surface area contributed by atoms with E-state index in [9.17, 15) is 0 Å². The Bertz CT molecular complexity index is 87.2. The Labute approximate surface area is 62.7 Å². The molecule has 0 heterocycles. The van der Waals surface area contributed by atoms with E-state index in [-0.39, 0.29) is 0 Å². The topological polar surface area (TPSA) is 0 Å². The van der Waals surface area contributed by atoms with E-state index < -0.39 is 0 Å². The lowest BCUT2D eigenvalue weighted by molar-refractivity contribution is 0.807. The van der Waals surface area contributed by atoms with Crippen LogP contribution in [0.2, 0.25) is 0 Å². The van der Waals surface area contributed by atoms with Crippen LogP contribution in [0.3, 0.4) is 0 Å². The van der Waals surface area contributed by atoms with Gasteiger partial charge in [0, 0.05) is 4.75 Å². The van der Waals surface area contributed by atoms with E-state index in [4.69, 9.17) is 0 Å². The van der Waals surface area contributed by atoms with Gasteiger partial charge in [0.25, 0.3) is 0 Å². The van der Waals surface area contributed by atoms with Crippen molar-refractivity contribution < 1.29 is 0 Å². The molecule has 0 saturated heterocycles. The molecule has 0 aromatic carbocycles. The molecule has 1 heteroatoms. The van der Waals surface area contributed by atoms with Crippen molar-refractivity contribution in [2.45, 2.75) is 38.9 Å². The highest BCUT2D eigenvalue weighted by Gasteiger charge is 2.06. The number of thioether (sulfide) groups is 1. The van der Waals surface area contributed by atoms with Crippen molar-refractivity contribution in [1.82, 2.24) is 0 Å². The van der Waals surface area contributed by atoms with Gasteiger partial charge in [-0.05, 0) is 11.8 Å². The predicted molar refractivity (Wildman–Crippen MR) is 46.8 cm³/mol. The average molecular weight is 144 g/mol. The summed E-state index contributed by atoms with van der Waals surface area (Å²) in [7, 11) is 0. The minimum Gasteiger partial charge on any atom is -0.128 e. The molecule has 0 aromatic rings. The van der Waals surface area contributed by atoms with Crippen LogP contribution in [-0.4, -0.2) is 4.75 Å². The fourth-order valence-electron chi connectivity index (χ4n) is 0.348. The van der Waals surface area contributed by atoms with Gasteiger partial charge in [-0.1, -0.05) is 33.8 Å². The van der Waals surface area contributed by atoms with E-state index in [1.807, 2.05) is 11.8 Å². The van der Waals surface area contributed by atoms with Gasteiger partial charge in [-0.3, -0.25) is 0 Å². The number of rotatable bonds is 2. The Morgan fingerprint density at radius 1 is 1.33 bits per heavy atom. The average Bonchev–Trinajstić information content (AvgIpc) is 1.63. The molecule has 0 aliphatic heterocycles. The first-order chi connectivity index (χ1) is 4.06. The van der Waals surface area contributed by atoms with Crippen LogP contribution in [0.1, 0.15) is 34.1 Å². The molecule has 0 spiro atoms. The van der Waals surface area contributed by atoms with Crippen molar-refractivity contribution in [2.24, 2.45) is 0 Å². The molecule has 0 nitrogen and oxygen atoms in total. The quantitative estimate of drug-likeness (QED) is 0.572. The molecule has 0 radical (unpaired) electrons. The second-order valence-electron chi connectivity index (χ2n) is 3.01. The number of hydrogen-bond donors (Lipinski definition) is 0. The molecule has 0 bridgehead atoms. The van der Waals surface area contributed by atoms with Crippen LogP contribution >= 0.6 is 11.8 Å². The maximum atomic E-state index is 2.22. The van der Waals surface area contributed by atoms with Crippen molar-refractivity contribution in [3.8, 4) is 0 Å². The van der Waals surface area contributed by atoms with Gasteiger partial charge < -0.3 is 0 Å². The third-order valence-corrected chi connectivity index (χ3v) is 1.79. The Morgan fingerprint density at radius 3 is 2.22 bits per heavy atom.